The van der Waals surface area contributed by atoms with Gasteiger partial charge in [-0.2, -0.15) is 17.6 Å². The summed E-state index contributed by atoms with van der Waals surface area (Å²) in [4.78, 5) is 17.6. The van der Waals surface area contributed by atoms with Crippen LogP contribution in [0.2, 0.25) is 0 Å². The van der Waals surface area contributed by atoms with Crippen LogP contribution < -0.4 is 15.8 Å². The van der Waals surface area contributed by atoms with E-state index >= 15 is 0 Å². The molecule has 0 saturated carbocycles. The fraction of sp³-hybridized carbons (Fsp3) is 0.500. The molecule has 12 heteroatoms. The maximum Gasteiger partial charge on any atom is 0.417 e. The summed E-state index contributed by atoms with van der Waals surface area (Å²) >= 11 is 0. The van der Waals surface area contributed by atoms with Crippen molar-refractivity contribution in [2.45, 2.75) is 49.6 Å². The van der Waals surface area contributed by atoms with Crippen molar-refractivity contribution in [2.24, 2.45) is 11.7 Å². The molecule has 0 spiro atoms. The molecule has 2 saturated heterocycles. The Kier molecular flexibility index (Phi) is 6.73. The Hall–Kier alpha value is -2.83. The van der Waals surface area contributed by atoms with Gasteiger partial charge in [0, 0.05) is 35.9 Å². The average molecular weight is 515 g/mol. The van der Waals surface area contributed by atoms with E-state index in [0.717, 1.165) is 26.2 Å². The number of benzene rings is 1. The molecule has 5 atom stereocenters. The highest BCUT2D eigenvalue weighted by Gasteiger charge is 2.66. The second-order valence-electron chi connectivity index (χ2n) is 9.32. The molecular formula is C24H26F5N3O4. The zero-order chi connectivity index (χ0) is 26.5. The molecule has 36 heavy (non-hydrogen) atoms. The minimum Gasteiger partial charge on any atom is -0.493 e. The van der Waals surface area contributed by atoms with Crippen molar-refractivity contribution in [3.8, 4) is 5.75 Å². The van der Waals surface area contributed by atoms with Crippen LogP contribution in [0.15, 0.2) is 30.5 Å². The van der Waals surface area contributed by atoms with Gasteiger partial charge >= 0.3 is 6.18 Å². The van der Waals surface area contributed by atoms with E-state index < -0.39 is 58.5 Å². The van der Waals surface area contributed by atoms with Crippen LogP contribution in [0.5, 0.6) is 5.75 Å². The van der Waals surface area contributed by atoms with Gasteiger partial charge in [-0.3, -0.25) is 9.78 Å². The molecule has 1 aromatic heterocycles. The summed E-state index contributed by atoms with van der Waals surface area (Å²) in [6, 6.07) is 4.85. The summed E-state index contributed by atoms with van der Waals surface area (Å²) in [5, 5.41) is 2.56. The lowest BCUT2D eigenvalue weighted by atomic mass is 9.77. The van der Waals surface area contributed by atoms with Crippen molar-refractivity contribution < 1.29 is 41.0 Å². The van der Waals surface area contributed by atoms with E-state index in [1.165, 1.54) is 25.3 Å². The van der Waals surface area contributed by atoms with Crippen LogP contribution in [0, 0.1) is 17.6 Å². The molecule has 1 amide bonds. The number of alkyl halides is 3. The number of hydrogen-bond donors (Lipinski definition) is 2. The van der Waals surface area contributed by atoms with Gasteiger partial charge in [0.1, 0.15) is 6.10 Å². The predicted octanol–water partition coefficient (Wildman–Crippen LogP) is 4.02. The zero-order valence-corrected chi connectivity index (χ0v) is 19.8. The number of hydrogen-bond acceptors (Lipinski definition) is 6. The smallest absolute Gasteiger partial charge is 0.417 e. The number of nitrogens with two attached hydrogens (primary N) is 1. The number of amides is 1. The molecule has 3 N–H and O–H groups in total. The van der Waals surface area contributed by atoms with Crippen molar-refractivity contribution in [3.63, 3.8) is 0 Å². The number of methoxy groups -OCH3 is 1. The summed E-state index contributed by atoms with van der Waals surface area (Å²) in [5.74, 6) is -6.77. The molecule has 4 rings (SSSR count). The summed E-state index contributed by atoms with van der Waals surface area (Å²) < 4.78 is 86.3. The summed E-state index contributed by atoms with van der Waals surface area (Å²) in [6.07, 6.45) is -4.65. The largest absolute Gasteiger partial charge is 0.493 e. The number of anilines is 1. The van der Waals surface area contributed by atoms with E-state index in [2.05, 4.69) is 10.3 Å². The summed E-state index contributed by atoms with van der Waals surface area (Å²) in [7, 11) is 1.06. The van der Waals surface area contributed by atoms with Gasteiger partial charge in [-0.25, -0.2) is 4.39 Å². The Morgan fingerprint density at radius 3 is 2.61 bits per heavy atom. The van der Waals surface area contributed by atoms with Crippen molar-refractivity contribution >= 4 is 11.6 Å². The SMILES string of the molecule is COc1c([C@H]2[C@H](C(=O)Nc3ccnc([C@]4(N)CCOC4)c3)O[C@@](C)(C(F)(F)F)[C@H]2C)ccc(F)c1F. The van der Waals surface area contributed by atoms with Crippen LogP contribution in [-0.2, 0) is 19.8 Å². The first-order valence-electron chi connectivity index (χ1n) is 11.2. The standard InChI is InChI=1S/C24H26F5N3O4/c1-12-17(14-4-5-15(25)18(26)19(14)34-3)20(36-22(12,2)24(27,28)29)21(33)32-13-6-8-31-16(10-13)23(30)7-9-35-11-23/h4-6,8,10,12,17,20H,7,9,11,30H2,1-3H3,(H,31,32,33)/t12-,17-,20+,22+,23-/m0/s1. The monoisotopic (exact) mass is 515 g/mol. The van der Waals surface area contributed by atoms with Gasteiger partial charge in [0.15, 0.2) is 17.2 Å². The fourth-order valence-corrected chi connectivity index (χ4v) is 4.82. The van der Waals surface area contributed by atoms with Crippen LogP contribution in [-0.4, -0.2) is 49.1 Å². The second-order valence-corrected chi connectivity index (χ2v) is 9.32. The predicted molar refractivity (Wildman–Crippen MR) is 118 cm³/mol. The lowest BCUT2D eigenvalue weighted by Gasteiger charge is -2.32. The molecule has 2 aromatic rings. The quantitative estimate of drug-likeness (QED) is 0.585. The van der Waals surface area contributed by atoms with Crippen molar-refractivity contribution in [1.82, 2.24) is 4.98 Å². The van der Waals surface area contributed by atoms with Gasteiger partial charge in [0.25, 0.3) is 5.91 Å². The van der Waals surface area contributed by atoms with Gasteiger partial charge < -0.3 is 25.3 Å². The van der Waals surface area contributed by atoms with Crippen LogP contribution >= 0.6 is 0 Å². The molecule has 0 aliphatic carbocycles. The van der Waals surface area contributed by atoms with E-state index in [1.807, 2.05) is 0 Å². The third-order valence-corrected chi connectivity index (χ3v) is 7.16. The summed E-state index contributed by atoms with van der Waals surface area (Å²) in [5.41, 5.74) is 3.27. The minimum absolute atomic E-state index is 0.114. The molecule has 196 valence electrons. The first-order valence-corrected chi connectivity index (χ1v) is 11.2. The lowest BCUT2D eigenvalue weighted by molar-refractivity contribution is -0.272. The van der Waals surface area contributed by atoms with Gasteiger partial charge in [0.05, 0.1) is 24.9 Å². The highest BCUT2D eigenvalue weighted by molar-refractivity contribution is 5.95. The summed E-state index contributed by atoms with van der Waals surface area (Å²) in [6.45, 7) is 2.74. The molecule has 2 aliphatic heterocycles. The number of nitrogens with zero attached hydrogens (tertiary/aromatic N) is 1. The van der Waals surface area contributed by atoms with Crippen LogP contribution in [0.25, 0.3) is 0 Å². The van der Waals surface area contributed by atoms with E-state index in [4.69, 9.17) is 19.9 Å². The number of nitrogens with one attached hydrogen (secondary N) is 1. The molecule has 1 aromatic carbocycles. The van der Waals surface area contributed by atoms with E-state index in [1.54, 1.807) is 0 Å². The Balaban J connectivity index is 1.72. The lowest BCUT2D eigenvalue weighted by Crippen LogP contribution is -2.47. The van der Waals surface area contributed by atoms with Gasteiger partial charge in [-0.1, -0.05) is 13.0 Å². The molecule has 7 nitrogen and oxygen atoms in total. The molecule has 0 radical (unpaired) electrons. The maximum atomic E-state index is 14.5. The molecule has 2 fully saturated rings. The molecule has 0 unspecified atom stereocenters. The number of pyridine rings is 1. The highest BCUT2D eigenvalue weighted by atomic mass is 19.4. The van der Waals surface area contributed by atoms with E-state index in [9.17, 15) is 26.7 Å². The first kappa shape index (κ1) is 26.2. The van der Waals surface area contributed by atoms with Crippen LogP contribution in [0.4, 0.5) is 27.6 Å². The fourth-order valence-electron chi connectivity index (χ4n) is 4.82. The molecule has 3 heterocycles. The van der Waals surface area contributed by atoms with Gasteiger partial charge in [0.2, 0.25) is 5.82 Å². The average Bonchev–Trinajstić information content (AvgIpc) is 3.38. The van der Waals surface area contributed by atoms with Crippen molar-refractivity contribution in [2.75, 3.05) is 25.6 Å². The number of aromatic nitrogens is 1. The molecular weight excluding hydrogens is 489 g/mol. The van der Waals surface area contributed by atoms with Crippen molar-refractivity contribution in [1.29, 1.82) is 0 Å². The number of rotatable bonds is 5. The number of carbonyl (C=O) groups excluding carboxylic acids is 1. The third-order valence-electron chi connectivity index (χ3n) is 7.16. The van der Waals surface area contributed by atoms with Crippen molar-refractivity contribution in [3.05, 3.63) is 53.4 Å². The second kappa shape index (κ2) is 9.24. The third kappa shape index (κ3) is 4.31. The van der Waals surface area contributed by atoms with E-state index in [-0.39, 0.29) is 17.9 Å². The highest BCUT2D eigenvalue weighted by Crippen LogP contribution is 2.55. The zero-order valence-electron chi connectivity index (χ0n) is 19.8. The van der Waals surface area contributed by atoms with E-state index in [0.29, 0.717) is 18.7 Å². The van der Waals surface area contributed by atoms with Gasteiger partial charge in [-0.05, 0) is 31.5 Å². The Morgan fingerprint density at radius 2 is 2.00 bits per heavy atom. The molecule has 0 bridgehead atoms. The Morgan fingerprint density at radius 1 is 1.28 bits per heavy atom. The van der Waals surface area contributed by atoms with Gasteiger partial charge in [-0.15, -0.1) is 0 Å². The number of carbonyl (C=O) groups is 1. The normalized spacial score (nSPS) is 30.4. The van der Waals surface area contributed by atoms with Crippen LogP contribution in [0.3, 0.4) is 0 Å². The number of ether oxygens (including phenoxy) is 3. The maximum absolute atomic E-state index is 14.5. The Bertz CT molecular complexity index is 1160. The molecule has 2 aliphatic rings. The number of halogens is 5. The minimum atomic E-state index is -4.86. The Labute approximate surface area is 204 Å². The first-order chi connectivity index (χ1) is 16.8. The topological polar surface area (TPSA) is 95.7 Å². The van der Waals surface area contributed by atoms with Crippen LogP contribution in [0.1, 0.15) is 37.4 Å².